The number of alkyl halides is 3. The van der Waals surface area contributed by atoms with Crippen LogP contribution in [0.2, 0.25) is 0 Å². The van der Waals surface area contributed by atoms with Crippen molar-refractivity contribution in [1.29, 1.82) is 0 Å². The molecule has 8 heteroatoms. The molecule has 0 fully saturated rings. The van der Waals surface area contributed by atoms with E-state index in [4.69, 9.17) is 5.11 Å². The molecule has 1 aromatic heterocycles. The van der Waals surface area contributed by atoms with Crippen LogP contribution in [0.3, 0.4) is 0 Å². The molecule has 0 unspecified atom stereocenters. The average molecular weight is 323 g/mol. The third-order valence-corrected chi connectivity index (χ3v) is 3.05. The average Bonchev–Trinajstić information content (AvgIpc) is 2.48. The topological polar surface area (TPSA) is 75.4 Å². The smallest absolute Gasteiger partial charge is 0.417 e. The third-order valence-electron chi connectivity index (χ3n) is 3.05. The first-order valence-corrected chi connectivity index (χ1v) is 6.50. The number of halogens is 3. The number of carbonyl (C=O) groups is 1. The van der Waals surface area contributed by atoms with Gasteiger partial charge in [-0.1, -0.05) is 0 Å². The van der Waals surface area contributed by atoms with Gasteiger partial charge in [-0.25, -0.2) is 14.8 Å². The van der Waals surface area contributed by atoms with Gasteiger partial charge < -0.3 is 5.11 Å². The lowest BCUT2D eigenvalue weighted by molar-refractivity contribution is -0.137. The Labute approximate surface area is 129 Å². The van der Waals surface area contributed by atoms with E-state index in [1.807, 2.05) is 0 Å². The molecule has 1 aromatic carbocycles. The molecule has 2 aromatic rings. The van der Waals surface area contributed by atoms with Crippen molar-refractivity contribution in [1.82, 2.24) is 9.97 Å². The van der Waals surface area contributed by atoms with Crippen LogP contribution in [0.5, 0.6) is 0 Å². The van der Waals surface area contributed by atoms with Crippen molar-refractivity contribution in [3.05, 3.63) is 41.2 Å². The monoisotopic (exact) mass is 323 g/mol. The molecular weight excluding hydrogens is 311 g/mol. The van der Waals surface area contributed by atoms with Gasteiger partial charge in [-0.3, -0.25) is 4.99 Å². The molecule has 0 amide bonds. The predicted octanol–water partition coefficient (Wildman–Crippen LogP) is 3.89. The standard InChI is InChI=1S/C15H12F3N3O2/c1-3-19-12-5-10(11(4-8(12)2)15(16,17)18)13-20-6-9(7-21-13)14(22)23/h3-7H,1-2H3,(H,22,23). The fourth-order valence-corrected chi connectivity index (χ4v) is 1.97. The summed E-state index contributed by atoms with van der Waals surface area (Å²) < 4.78 is 39.8. The summed E-state index contributed by atoms with van der Waals surface area (Å²) in [7, 11) is 0. The summed E-state index contributed by atoms with van der Waals surface area (Å²) in [5, 5.41) is 8.80. The lowest BCUT2D eigenvalue weighted by Gasteiger charge is -2.14. The third kappa shape index (κ3) is 3.53. The molecule has 120 valence electrons. The van der Waals surface area contributed by atoms with E-state index in [1.54, 1.807) is 6.92 Å². The van der Waals surface area contributed by atoms with Crippen LogP contribution < -0.4 is 0 Å². The fourth-order valence-electron chi connectivity index (χ4n) is 1.97. The highest BCUT2D eigenvalue weighted by Crippen LogP contribution is 2.39. The molecule has 1 N–H and O–H groups in total. The SMILES string of the molecule is CC=Nc1cc(-c2ncc(C(=O)O)cn2)c(C(F)(F)F)cc1C. The molecule has 0 atom stereocenters. The van der Waals surface area contributed by atoms with Crippen molar-refractivity contribution in [3.8, 4) is 11.4 Å². The Hall–Kier alpha value is -2.77. The van der Waals surface area contributed by atoms with E-state index >= 15 is 0 Å². The number of rotatable bonds is 3. The Morgan fingerprint density at radius 2 is 1.87 bits per heavy atom. The number of benzene rings is 1. The Bertz CT molecular complexity index is 769. The molecule has 0 bridgehead atoms. The Morgan fingerprint density at radius 3 is 2.35 bits per heavy atom. The van der Waals surface area contributed by atoms with Gasteiger partial charge in [0.15, 0.2) is 5.82 Å². The van der Waals surface area contributed by atoms with Crippen LogP contribution in [0, 0.1) is 6.92 Å². The van der Waals surface area contributed by atoms with Crippen molar-refractivity contribution in [2.75, 3.05) is 0 Å². The number of aromatic carboxylic acids is 1. The second-order valence-electron chi connectivity index (χ2n) is 4.67. The lowest BCUT2D eigenvalue weighted by Crippen LogP contribution is -2.09. The van der Waals surface area contributed by atoms with Crippen LogP contribution in [-0.2, 0) is 6.18 Å². The highest BCUT2D eigenvalue weighted by atomic mass is 19.4. The van der Waals surface area contributed by atoms with Gasteiger partial charge in [0.2, 0.25) is 0 Å². The van der Waals surface area contributed by atoms with Crippen molar-refractivity contribution >= 4 is 17.9 Å². The molecule has 5 nitrogen and oxygen atoms in total. The largest absolute Gasteiger partial charge is 0.478 e. The van der Waals surface area contributed by atoms with Gasteiger partial charge in [0.25, 0.3) is 0 Å². The highest BCUT2D eigenvalue weighted by Gasteiger charge is 2.35. The Kier molecular flexibility index (Phi) is 4.44. The number of aryl methyl sites for hydroxylation is 1. The number of hydrogen-bond donors (Lipinski definition) is 1. The number of carboxylic acid groups (broad SMARTS) is 1. The molecule has 0 aliphatic rings. The summed E-state index contributed by atoms with van der Waals surface area (Å²) >= 11 is 0. The minimum Gasteiger partial charge on any atom is -0.478 e. The van der Waals surface area contributed by atoms with Crippen LogP contribution in [0.4, 0.5) is 18.9 Å². The van der Waals surface area contributed by atoms with E-state index in [0.29, 0.717) is 11.3 Å². The van der Waals surface area contributed by atoms with Crippen molar-refractivity contribution in [2.45, 2.75) is 20.0 Å². The second-order valence-corrected chi connectivity index (χ2v) is 4.67. The van der Waals surface area contributed by atoms with E-state index < -0.39 is 17.7 Å². The summed E-state index contributed by atoms with van der Waals surface area (Å²) in [5.41, 5.74) is -0.627. The maximum Gasteiger partial charge on any atom is 0.417 e. The minimum absolute atomic E-state index is 0.207. The highest BCUT2D eigenvalue weighted by molar-refractivity contribution is 5.87. The quantitative estimate of drug-likeness (QED) is 0.870. The summed E-state index contributed by atoms with van der Waals surface area (Å²) in [4.78, 5) is 22.3. The van der Waals surface area contributed by atoms with Gasteiger partial charge in [-0.2, -0.15) is 13.2 Å². The summed E-state index contributed by atoms with van der Waals surface area (Å²) in [6.07, 6.45) is -1.20. The van der Waals surface area contributed by atoms with E-state index in [-0.39, 0.29) is 17.0 Å². The molecule has 1 heterocycles. The molecule has 0 aliphatic carbocycles. The molecule has 0 saturated carbocycles. The number of aliphatic imine (C=N–C) groups is 1. The predicted molar refractivity (Wildman–Crippen MR) is 78.0 cm³/mol. The minimum atomic E-state index is -4.59. The summed E-state index contributed by atoms with van der Waals surface area (Å²) in [5.74, 6) is -1.47. The molecule has 0 saturated heterocycles. The van der Waals surface area contributed by atoms with Gasteiger partial charge >= 0.3 is 12.1 Å². The second kappa shape index (κ2) is 6.15. The number of hydrogen-bond acceptors (Lipinski definition) is 4. The van der Waals surface area contributed by atoms with Crippen molar-refractivity contribution < 1.29 is 23.1 Å². The molecule has 2 rings (SSSR count). The molecule has 0 aliphatic heterocycles. The zero-order chi connectivity index (χ0) is 17.2. The van der Waals surface area contributed by atoms with Crippen LogP contribution in [0.15, 0.2) is 29.5 Å². The van der Waals surface area contributed by atoms with Crippen molar-refractivity contribution in [3.63, 3.8) is 0 Å². The van der Waals surface area contributed by atoms with Crippen LogP contribution in [0.1, 0.15) is 28.4 Å². The van der Waals surface area contributed by atoms with Gasteiger partial charge in [0.05, 0.1) is 16.8 Å². The van der Waals surface area contributed by atoms with Crippen molar-refractivity contribution in [2.24, 2.45) is 4.99 Å². The van der Waals surface area contributed by atoms with Gasteiger partial charge in [-0.15, -0.1) is 0 Å². The van der Waals surface area contributed by atoms with E-state index in [1.165, 1.54) is 19.2 Å². The van der Waals surface area contributed by atoms with E-state index in [0.717, 1.165) is 18.5 Å². The van der Waals surface area contributed by atoms with Crippen LogP contribution in [-0.4, -0.2) is 27.3 Å². The normalized spacial score (nSPS) is 11.9. The van der Waals surface area contributed by atoms with Gasteiger partial charge in [0.1, 0.15) is 0 Å². The fraction of sp³-hybridized carbons (Fsp3) is 0.200. The number of carboxylic acids is 1. The zero-order valence-corrected chi connectivity index (χ0v) is 12.2. The van der Waals surface area contributed by atoms with Crippen LogP contribution in [0.25, 0.3) is 11.4 Å². The molecule has 23 heavy (non-hydrogen) atoms. The van der Waals surface area contributed by atoms with Crippen LogP contribution >= 0.6 is 0 Å². The molecule has 0 spiro atoms. The first-order valence-electron chi connectivity index (χ1n) is 6.50. The Morgan fingerprint density at radius 1 is 1.26 bits per heavy atom. The summed E-state index contributed by atoms with van der Waals surface area (Å²) in [6, 6.07) is 2.22. The van der Waals surface area contributed by atoms with Gasteiger partial charge in [-0.05, 0) is 31.5 Å². The molecule has 0 radical (unpaired) electrons. The Balaban J connectivity index is 2.67. The van der Waals surface area contributed by atoms with E-state index in [2.05, 4.69) is 15.0 Å². The number of nitrogens with zero attached hydrogens (tertiary/aromatic N) is 3. The van der Waals surface area contributed by atoms with Gasteiger partial charge in [0, 0.05) is 24.2 Å². The first kappa shape index (κ1) is 16.6. The molecular formula is C15H12F3N3O2. The number of aromatic nitrogens is 2. The summed E-state index contributed by atoms with van der Waals surface area (Å²) in [6.45, 7) is 3.17. The zero-order valence-electron chi connectivity index (χ0n) is 12.2. The maximum atomic E-state index is 13.3. The van der Waals surface area contributed by atoms with E-state index in [9.17, 15) is 18.0 Å². The first-order chi connectivity index (χ1) is 10.7. The lowest BCUT2D eigenvalue weighted by atomic mass is 10.0. The maximum absolute atomic E-state index is 13.3.